The van der Waals surface area contributed by atoms with Crippen molar-refractivity contribution >= 4 is 11.9 Å². The van der Waals surface area contributed by atoms with Gasteiger partial charge in [-0.3, -0.25) is 4.79 Å². The quantitative estimate of drug-likeness (QED) is 0.809. The van der Waals surface area contributed by atoms with E-state index in [1.165, 1.54) is 19.3 Å². The van der Waals surface area contributed by atoms with E-state index in [9.17, 15) is 4.79 Å². The highest BCUT2D eigenvalue weighted by molar-refractivity contribution is 5.92. The van der Waals surface area contributed by atoms with Gasteiger partial charge in [-0.2, -0.15) is 0 Å². The van der Waals surface area contributed by atoms with Crippen LogP contribution in [0.25, 0.3) is 0 Å². The van der Waals surface area contributed by atoms with Gasteiger partial charge in [-0.25, -0.2) is 9.97 Å². The summed E-state index contributed by atoms with van der Waals surface area (Å²) in [6, 6.07) is 2.01. The summed E-state index contributed by atoms with van der Waals surface area (Å²) in [6.45, 7) is 6.07. The first-order valence-corrected chi connectivity index (χ1v) is 7.20. The van der Waals surface area contributed by atoms with Crippen molar-refractivity contribution in [3.05, 3.63) is 30.1 Å². The summed E-state index contributed by atoms with van der Waals surface area (Å²) >= 11 is 0. The van der Waals surface area contributed by atoms with Crippen LogP contribution in [0.1, 0.15) is 48.3 Å². The second kappa shape index (κ2) is 7.03. The van der Waals surface area contributed by atoms with Gasteiger partial charge < -0.3 is 10.6 Å². The highest BCUT2D eigenvalue weighted by Gasteiger charge is 2.18. The summed E-state index contributed by atoms with van der Waals surface area (Å²) in [7, 11) is 0. The van der Waals surface area contributed by atoms with Crippen LogP contribution in [0.5, 0.6) is 0 Å². The molecule has 0 saturated heterocycles. The van der Waals surface area contributed by atoms with Crippen LogP contribution in [-0.4, -0.2) is 28.5 Å². The standard InChI is InChI=1S/C15H22N4O/c1-3-9-16-15-17-11(2)10-13(19-15)14(20)18-12-7-5-4-6-8-12/h3,10,12H,1,4-9H2,2H3,(H,18,20)(H,16,17,19). The van der Waals surface area contributed by atoms with Gasteiger partial charge in [0, 0.05) is 18.3 Å². The molecule has 0 atom stereocenters. The van der Waals surface area contributed by atoms with Crippen molar-refractivity contribution in [2.45, 2.75) is 45.1 Å². The van der Waals surface area contributed by atoms with Crippen molar-refractivity contribution in [2.24, 2.45) is 0 Å². The molecule has 1 amide bonds. The number of aryl methyl sites for hydroxylation is 1. The maximum atomic E-state index is 12.2. The average molecular weight is 274 g/mol. The van der Waals surface area contributed by atoms with E-state index in [2.05, 4.69) is 27.2 Å². The zero-order valence-electron chi connectivity index (χ0n) is 12.0. The highest BCUT2D eigenvalue weighted by atomic mass is 16.1. The highest BCUT2D eigenvalue weighted by Crippen LogP contribution is 2.17. The van der Waals surface area contributed by atoms with Gasteiger partial charge in [-0.15, -0.1) is 6.58 Å². The summed E-state index contributed by atoms with van der Waals surface area (Å²) in [5.41, 5.74) is 1.20. The van der Waals surface area contributed by atoms with E-state index in [0.29, 0.717) is 18.2 Å². The molecule has 0 aliphatic heterocycles. The number of nitrogens with zero attached hydrogens (tertiary/aromatic N) is 2. The van der Waals surface area contributed by atoms with Gasteiger partial charge in [0.05, 0.1) is 0 Å². The van der Waals surface area contributed by atoms with Crippen LogP contribution in [0, 0.1) is 6.92 Å². The monoisotopic (exact) mass is 274 g/mol. The first-order chi connectivity index (χ1) is 9.69. The SMILES string of the molecule is C=CCNc1nc(C)cc(C(=O)NC2CCCCC2)n1. The van der Waals surface area contributed by atoms with Gasteiger partial charge in [-0.05, 0) is 25.8 Å². The van der Waals surface area contributed by atoms with Crippen LogP contribution in [0.15, 0.2) is 18.7 Å². The molecule has 0 bridgehead atoms. The van der Waals surface area contributed by atoms with Gasteiger partial charge in [0.15, 0.2) is 0 Å². The smallest absolute Gasteiger partial charge is 0.270 e. The number of carbonyl (C=O) groups is 1. The van der Waals surface area contributed by atoms with Gasteiger partial charge in [-0.1, -0.05) is 25.3 Å². The molecule has 1 aromatic rings. The van der Waals surface area contributed by atoms with Crippen LogP contribution in [0.4, 0.5) is 5.95 Å². The van der Waals surface area contributed by atoms with Gasteiger partial charge in [0.1, 0.15) is 5.69 Å². The second-order valence-corrected chi connectivity index (χ2v) is 5.20. The lowest BCUT2D eigenvalue weighted by molar-refractivity contribution is 0.0922. The van der Waals surface area contributed by atoms with E-state index >= 15 is 0 Å². The molecule has 0 radical (unpaired) electrons. The molecule has 0 unspecified atom stereocenters. The minimum absolute atomic E-state index is 0.107. The maximum absolute atomic E-state index is 12.2. The third-order valence-electron chi connectivity index (χ3n) is 3.43. The average Bonchev–Trinajstić information content (AvgIpc) is 2.45. The summed E-state index contributed by atoms with van der Waals surface area (Å²) in [5, 5.41) is 6.08. The third kappa shape index (κ3) is 4.05. The molecule has 0 spiro atoms. The fourth-order valence-electron chi connectivity index (χ4n) is 2.43. The third-order valence-corrected chi connectivity index (χ3v) is 3.43. The van der Waals surface area contributed by atoms with E-state index in [4.69, 9.17) is 0 Å². The molecule has 20 heavy (non-hydrogen) atoms. The summed E-state index contributed by atoms with van der Waals surface area (Å²) < 4.78 is 0. The molecule has 1 heterocycles. The molecule has 2 rings (SSSR count). The van der Waals surface area contributed by atoms with Crippen molar-refractivity contribution in [1.29, 1.82) is 0 Å². The molecular weight excluding hydrogens is 252 g/mol. The lowest BCUT2D eigenvalue weighted by Gasteiger charge is -2.22. The Morgan fingerprint density at radius 2 is 2.15 bits per heavy atom. The van der Waals surface area contributed by atoms with E-state index in [1.54, 1.807) is 12.1 Å². The second-order valence-electron chi connectivity index (χ2n) is 5.20. The predicted molar refractivity (Wildman–Crippen MR) is 79.8 cm³/mol. The number of hydrogen-bond donors (Lipinski definition) is 2. The molecule has 1 aliphatic rings. The molecule has 0 aromatic carbocycles. The number of amides is 1. The van der Waals surface area contributed by atoms with Crippen LogP contribution in [0.3, 0.4) is 0 Å². The van der Waals surface area contributed by atoms with Gasteiger partial charge in [0.25, 0.3) is 5.91 Å². The largest absolute Gasteiger partial charge is 0.351 e. The van der Waals surface area contributed by atoms with Crippen LogP contribution < -0.4 is 10.6 Å². The Hall–Kier alpha value is -1.91. The summed E-state index contributed by atoms with van der Waals surface area (Å²) in [6.07, 6.45) is 7.52. The zero-order valence-corrected chi connectivity index (χ0v) is 12.0. The van der Waals surface area contributed by atoms with Gasteiger partial charge in [0.2, 0.25) is 5.95 Å². The minimum Gasteiger partial charge on any atom is -0.351 e. The normalized spacial score (nSPS) is 15.7. The Bertz CT molecular complexity index is 481. The Balaban J connectivity index is 2.04. The Labute approximate surface area is 119 Å². The lowest BCUT2D eigenvalue weighted by Crippen LogP contribution is -2.36. The van der Waals surface area contributed by atoms with E-state index in [0.717, 1.165) is 18.5 Å². The van der Waals surface area contributed by atoms with Crippen LogP contribution >= 0.6 is 0 Å². The van der Waals surface area contributed by atoms with Crippen molar-refractivity contribution < 1.29 is 4.79 Å². The zero-order chi connectivity index (χ0) is 14.4. The molecule has 1 aliphatic carbocycles. The van der Waals surface area contributed by atoms with Crippen molar-refractivity contribution in [1.82, 2.24) is 15.3 Å². The Morgan fingerprint density at radius 1 is 1.40 bits per heavy atom. The summed E-state index contributed by atoms with van der Waals surface area (Å²) in [4.78, 5) is 20.7. The van der Waals surface area contributed by atoms with Gasteiger partial charge >= 0.3 is 0 Å². The number of carbonyl (C=O) groups excluding carboxylic acids is 1. The summed E-state index contributed by atoms with van der Waals surface area (Å²) in [5.74, 6) is 0.364. The van der Waals surface area contributed by atoms with E-state index in [1.807, 2.05) is 6.92 Å². The molecule has 5 nitrogen and oxygen atoms in total. The first kappa shape index (κ1) is 14.5. The molecule has 5 heteroatoms. The van der Waals surface area contributed by atoms with Crippen molar-refractivity contribution in [2.75, 3.05) is 11.9 Å². The molecule has 1 aromatic heterocycles. The molecule has 2 N–H and O–H groups in total. The molecule has 108 valence electrons. The van der Waals surface area contributed by atoms with Crippen molar-refractivity contribution in [3.63, 3.8) is 0 Å². The van der Waals surface area contributed by atoms with E-state index in [-0.39, 0.29) is 11.9 Å². The van der Waals surface area contributed by atoms with Crippen LogP contribution in [-0.2, 0) is 0 Å². The fourth-order valence-corrected chi connectivity index (χ4v) is 2.43. The predicted octanol–water partition coefficient (Wildman–Crippen LogP) is 2.45. The van der Waals surface area contributed by atoms with Crippen LogP contribution in [0.2, 0.25) is 0 Å². The molecule has 1 saturated carbocycles. The van der Waals surface area contributed by atoms with E-state index < -0.39 is 0 Å². The fraction of sp³-hybridized carbons (Fsp3) is 0.533. The number of aromatic nitrogens is 2. The minimum atomic E-state index is -0.107. The lowest BCUT2D eigenvalue weighted by atomic mass is 9.95. The Morgan fingerprint density at radius 3 is 2.85 bits per heavy atom. The topological polar surface area (TPSA) is 66.9 Å². The maximum Gasteiger partial charge on any atom is 0.270 e. The number of rotatable bonds is 5. The molecule has 1 fully saturated rings. The number of nitrogens with one attached hydrogen (secondary N) is 2. The van der Waals surface area contributed by atoms with Crippen molar-refractivity contribution in [3.8, 4) is 0 Å². The first-order valence-electron chi connectivity index (χ1n) is 7.20. The molecular formula is C15H22N4O. The number of anilines is 1. The number of hydrogen-bond acceptors (Lipinski definition) is 4. The Kier molecular flexibility index (Phi) is 5.09.